The molecule has 2 aliphatic heterocycles. The summed E-state index contributed by atoms with van der Waals surface area (Å²) in [6.07, 6.45) is 3.58. The first-order chi connectivity index (χ1) is 26.5. The monoisotopic (exact) mass is 740 g/mol. The van der Waals surface area contributed by atoms with Gasteiger partial charge in [-0.15, -0.1) is 0 Å². The highest BCUT2D eigenvalue weighted by molar-refractivity contribution is 5.96. The van der Waals surface area contributed by atoms with Crippen LogP contribution in [0.1, 0.15) is 25.2 Å². The predicted octanol–water partition coefficient (Wildman–Crippen LogP) is 6.49. The average molecular weight is 741 g/mol. The molecule has 0 fully saturated rings. The van der Waals surface area contributed by atoms with Crippen LogP contribution < -0.4 is 29.5 Å². The Bertz CT molecular complexity index is 2380. The van der Waals surface area contributed by atoms with E-state index in [0.29, 0.717) is 38.0 Å². The number of aromatic amines is 2. The normalized spacial score (nSPS) is 13.1. The van der Waals surface area contributed by atoms with Crippen LogP contribution in [0, 0.1) is 13.8 Å². The van der Waals surface area contributed by atoms with Crippen molar-refractivity contribution < 1.29 is 19.1 Å². The lowest BCUT2D eigenvalue weighted by Crippen LogP contribution is -2.36. The van der Waals surface area contributed by atoms with Crippen molar-refractivity contribution in [2.24, 2.45) is 0 Å². The van der Waals surface area contributed by atoms with E-state index in [1.807, 2.05) is 101 Å². The molecule has 0 bridgehead atoms. The number of ether oxygens (including phenoxy) is 2. The van der Waals surface area contributed by atoms with Gasteiger partial charge in [0.25, 0.3) is 0 Å². The van der Waals surface area contributed by atoms with Crippen LogP contribution >= 0.6 is 0 Å². The van der Waals surface area contributed by atoms with Crippen molar-refractivity contribution in [1.82, 2.24) is 29.9 Å². The van der Waals surface area contributed by atoms with E-state index in [9.17, 15) is 9.59 Å². The van der Waals surface area contributed by atoms with Gasteiger partial charge in [-0.1, -0.05) is 0 Å². The smallest absolute Gasteiger partial charge is 0.224 e. The van der Waals surface area contributed by atoms with Gasteiger partial charge >= 0.3 is 0 Å². The second-order valence-corrected chi connectivity index (χ2v) is 13.5. The molecule has 0 saturated heterocycles. The van der Waals surface area contributed by atoms with E-state index in [2.05, 4.69) is 25.3 Å². The fourth-order valence-corrected chi connectivity index (χ4v) is 6.69. The summed E-state index contributed by atoms with van der Waals surface area (Å²) in [7, 11) is 5.72. The molecular formula is C41H44N10O4. The number of nitrogens with one attached hydrogen (secondary N) is 3. The van der Waals surface area contributed by atoms with Crippen molar-refractivity contribution in [3.8, 4) is 56.5 Å². The number of rotatable bonds is 6. The number of anilines is 4. The minimum Gasteiger partial charge on any atom is -0.490 e. The molecule has 2 aromatic carbocycles. The third-order valence-corrected chi connectivity index (χ3v) is 9.38. The Morgan fingerprint density at radius 2 is 1.18 bits per heavy atom. The first-order valence-electron chi connectivity index (χ1n) is 18.0. The standard InChI is InChI=1S/C21H23N5O2.C20H21N5O2/c1-13-11-16(7-8-22-13)20-19(23-21(24-20)25(3)4)15-5-6-18-17(12-15)26(14(2)27)9-10-28-18;1-12-10-15(6-7-22-12)19-18(23-20(21-3)24-19)14-4-5-17-16(11-14)25(13(2)26)8-9-27-17/h5-8,11-12H,9-10H2,1-4H3,(H,23,24);4-7,10-11H,8-9H2,1-3H3,(H2,21,23,24). The highest BCUT2D eigenvalue weighted by Crippen LogP contribution is 2.40. The van der Waals surface area contributed by atoms with E-state index in [1.54, 1.807) is 36.0 Å². The predicted molar refractivity (Wildman–Crippen MR) is 215 cm³/mol. The second kappa shape index (κ2) is 15.3. The number of hydrogen-bond donors (Lipinski definition) is 3. The fourth-order valence-electron chi connectivity index (χ4n) is 6.69. The maximum absolute atomic E-state index is 12.1. The molecule has 0 atom stereocenters. The van der Waals surface area contributed by atoms with Crippen LogP contribution in [0.15, 0.2) is 73.1 Å². The Labute approximate surface area is 319 Å². The van der Waals surface area contributed by atoms with Gasteiger partial charge in [0.05, 0.1) is 47.2 Å². The first-order valence-corrected chi connectivity index (χ1v) is 18.0. The molecule has 0 spiro atoms. The lowest BCUT2D eigenvalue weighted by atomic mass is 10.0. The van der Waals surface area contributed by atoms with Crippen molar-refractivity contribution in [2.75, 3.05) is 67.5 Å². The third kappa shape index (κ3) is 7.56. The molecule has 2 aliphatic rings. The van der Waals surface area contributed by atoms with Crippen LogP contribution in [-0.4, -0.2) is 89.2 Å². The van der Waals surface area contributed by atoms with E-state index in [1.165, 1.54) is 0 Å². The van der Waals surface area contributed by atoms with Gasteiger partial charge in [-0.3, -0.25) is 19.6 Å². The minimum absolute atomic E-state index is 0.000348. The molecule has 14 nitrogen and oxygen atoms in total. The number of carbonyl (C=O) groups excluding carboxylic acids is 2. The van der Waals surface area contributed by atoms with Crippen molar-refractivity contribution >= 4 is 35.1 Å². The number of carbonyl (C=O) groups is 2. The van der Waals surface area contributed by atoms with Crippen LogP contribution in [0.3, 0.4) is 0 Å². The number of amides is 2. The van der Waals surface area contributed by atoms with Crippen LogP contribution in [0.5, 0.6) is 11.5 Å². The molecule has 3 N–H and O–H groups in total. The maximum Gasteiger partial charge on any atom is 0.224 e. The van der Waals surface area contributed by atoms with Gasteiger partial charge in [-0.2, -0.15) is 0 Å². The molecule has 6 aromatic rings. The molecule has 55 heavy (non-hydrogen) atoms. The molecule has 0 saturated carbocycles. The van der Waals surface area contributed by atoms with Gasteiger partial charge in [0.2, 0.25) is 23.7 Å². The second-order valence-electron chi connectivity index (χ2n) is 13.5. The number of nitrogens with zero attached hydrogens (tertiary/aromatic N) is 7. The lowest BCUT2D eigenvalue weighted by molar-refractivity contribution is -0.117. The number of hydrogen-bond acceptors (Lipinski definition) is 10. The zero-order valence-electron chi connectivity index (χ0n) is 32.0. The molecule has 0 unspecified atom stereocenters. The van der Waals surface area contributed by atoms with E-state index >= 15 is 0 Å². The van der Waals surface area contributed by atoms with Gasteiger partial charge in [0.15, 0.2) is 0 Å². The van der Waals surface area contributed by atoms with Crippen molar-refractivity contribution in [3.63, 3.8) is 0 Å². The molecule has 0 aliphatic carbocycles. The third-order valence-electron chi connectivity index (χ3n) is 9.38. The molecule has 0 radical (unpaired) electrons. The summed E-state index contributed by atoms with van der Waals surface area (Å²) in [5, 5.41) is 3.06. The Balaban J connectivity index is 0.000000169. The van der Waals surface area contributed by atoms with Gasteiger partial charge in [0, 0.05) is 81.0 Å². The van der Waals surface area contributed by atoms with Crippen molar-refractivity contribution in [2.45, 2.75) is 27.7 Å². The summed E-state index contributed by atoms with van der Waals surface area (Å²) in [6.45, 7) is 9.16. The van der Waals surface area contributed by atoms with Gasteiger partial charge < -0.3 is 39.5 Å². The average Bonchev–Trinajstić information content (AvgIpc) is 3.83. The number of imidazole rings is 2. The fraction of sp³-hybridized carbons (Fsp3) is 0.268. The van der Waals surface area contributed by atoms with Crippen molar-refractivity contribution in [1.29, 1.82) is 0 Å². The molecule has 8 rings (SSSR count). The molecule has 6 heterocycles. The van der Waals surface area contributed by atoms with Crippen LogP contribution in [-0.2, 0) is 9.59 Å². The minimum atomic E-state index is -0.000348. The van der Waals surface area contributed by atoms with Crippen LogP contribution in [0.2, 0.25) is 0 Å². The summed E-state index contributed by atoms with van der Waals surface area (Å²) in [5.74, 6) is 2.87. The summed E-state index contributed by atoms with van der Waals surface area (Å²) in [6, 6.07) is 19.6. The van der Waals surface area contributed by atoms with E-state index in [0.717, 1.165) is 79.5 Å². The van der Waals surface area contributed by atoms with Crippen molar-refractivity contribution in [3.05, 3.63) is 84.4 Å². The van der Waals surface area contributed by atoms with Crippen LogP contribution in [0.25, 0.3) is 45.0 Å². The lowest BCUT2D eigenvalue weighted by Gasteiger charge is -2.29. The zero-order valence-corrected chi connectivity index (χ0v) is 32.0. The zero-order chi connectivity index (χ0) is 38.8. The number of pyridine rings is 2. The summed E-state index contributed by atoms with van der Waals surface area (Å²) >= 11 is 0. The first kappa shape index (κ1) is 36.6. The highest BCUT2D eigenvalue weighted by Gasteiger charge is 2.25. The summed E-state index contributed by atoms with van der Waals surface area (Å²) < 4.78 is 11.4. The summed E-state index contributed by atoms with van der Waals surface area (Å²) in [5.41, 5.74) is 10.7. The number of benzene rings is 2. The quantitative estimate of drug-likeness (QED) is 0.172. The number of fused-ring (bicyclic) bond motifs is 2. The molecular weight excluding hydrogens is 697 g/mol. The van der Waals surface area contributed by atoms with E-state index in [4.69, 9.17) is 19.4 Å². The number of aryl methyl sites for hydroxylation is 2. The molecule has 2 amide bonds. The highest BCUT2D eigenvalue weighted by atomic mass is 16.5. The Hall–Kier alpha value is -6.70. The number of H-pyrrole nitrogens is 2. The molecule has 14 heteroatoms. The van der Waals surface area contributed by atoms with E-state index in [-0.39, 0.29) is 11.8 Å². The topological polar surface area (TPSA) is 157 Å². The van der Waals surface area contributed by atoms with Crippen LogP contribution in [0.4, 0.5) is 23.3 Å². The van der Waals surface area contributed by atoms with Gasteiger partial charge in [-0.05, 0) is 74.5 Å². The number of aromatic nitrogens is 6. The molecule has 282 valence electrons. The van der Waals surface area contributed by atoms with Gasteiger partial charge in [0.1, 0.15) is 24.7 Å². The Morgan fingerprint density at radius 3 is 1.64 bits per heavy atom. The maximum atomic E-state index is 12.1. The molecule has 4 aromatic heterocycles. The SMILES string of the molecule is CC(=O)N1CCOc2ccc(-c3nc(N(C)C)[nH]c3-c3ccnc(C)c3)cc21.CNc1nc(-c2ccc3c(c2)N(C(C)=O)CCO3)c(-c2ccnc(C)c2)[nH]1. The Morgan fingerprint density at radius 1 is 0.691 bits per heavy atom. The van der Waals surface area contributed by atoms with E-state index < -0.39 is 0 Å². The Kier molecular flexibility index (Phi) is 10.2. The van der Waals surface area contributed by atoms with Gasteiger partial charge in [-0.25, -0.2) is 9.97 Å². The largest absolute Gasteiger partial charge is 0.490 e. The summed E-state index contributed by atoms with van der Waals surface area (Å²) in [4.78, 5) is 54.3.